The molecule has 0 atom stereocenters. The molecule has 1 saturated heterocycles. The molecule has 6 aromatic rings. The van der Waals surface area contributed by atoms with E-state index in [0.717, 1.165) is 66.1 Å². The lowest BCUT2D eigenvalue weighted by atomic mass is 10.1. The highest BCUT2D eigenvalue weighted by atomic mass is 16.5. The highest BCUT2D eigenvalue weighted by molar-refractivity contribution is 5.84. The SMILES string of the molecule is Nc1ncccc1-c1nc2ccc(-c3ccccc3)nc2n1-c1ccc(CN2CCC(Oc3ccc(C=O)c(O)c3)CC2)cc1. The van der Waals surface area contributed by atoms with Crippen molar-refractivity contribution in [2.75, 3.05) is 18.8 Å². The van der Waals surface area contributed by atoms with E-state index in [4.69, 9.17) is 20.4 Å². The molecule has 1 aliphatic rings. The number of nitrogens with zero attached hydrogens (tertiary/aromatic N) is 5. The summed E-state index contributed by atoms with van der Waals surface area (Å²) < 4.78 is 8.15. The van der Waals surface area contributed by atoms with Crippen molar-refractivity contribution in [1.82, 2.24) is 24.4 Å². The third-order valence-electron chi connectivity index (χ3n) is 8.22. The van der Waals surface area contributed by atoms with Crippen LogP contribution >= 0.6 is 0 Å². The fourth-order valence-corrected chi connectivity index (χ4v) is 5.84. The van der Waals surface area contributed by atoms with E-state index in [0.29, 0.717) is 23.7 Å². The second-order valence-electron chi connectivity index (χ2n) is 11.2. The highest BCUT2D eigenvalue weighted by Gasteiger charge is 2.22. The predicted molar refractivity (Wildman–Crippen MR) is 174 cm³/mol. The van der Waals surface area contributed by atoms with Crippen molar-refractivity contribution in [1.29, 1.82) is 0 Å². The average molecular weight is 597 g/mol. The lowest BCUT2D eigenvalue weighted by Gasteiger charge is -2.32. The number of phenols is 1. The second kappa shape index (κ2) is 12.2. The Morgan fingerprint density at radius 2 is 1.71 bits per heavy atom. The number of rotatable bonds is 8. The summed E-state index contributed by atoms with van der Waals surface area (Å²) in [5, 5.41) is 9.97. The summed E-state index contributed by atoms with van der Waals surface area (Å²) in [6.07, 6.45) is 4.13. The van der Waals surface area contributed by atoms with Crippen LogP contribution in [0.15, 0.2) is 103 Å². The van der Waals surface area contributed by atoms with Crippen molar-refractivity contribution in [3.8, 4) is 39.8 Å². The summed E-state index contributed by atoms with van der Waals surface area (Å²) in [4.78, 5) is 27.7. The van der Waals surface area contributed by atoms with Crippen molar-refractivity contribution < 1.29 is 14.6 Å². The van der Waals surface area contributed by atoms with Crippen molar-refractivity contribution in [2.45, 2.75) is 25.5 Å². The normalized spacial score (nSPS) is 14.0. The van der Waals surface area contributed by atoms with Crippen LogP contribution in [-0.2, 0) is 6.54 Å². The zero-order chi connectivity index (χ0) is 30.8. The number of phenolic OH excluding ortho intramolecular Hbond substituents is 1. The Labute approximate surface area is 260 Å². The summed E-state index contributed by atoms with van der Waals surface area (Å²) in [7, 11) is 0. The van der Waals surface area contributed by atoms with Crippen LogP contribution < -0.4 is 10.5 Å². The molecule has 9 heteroatoms. The fourth-order valence-electron chi connectivity index (χ4n) is 5.84. The smallest absolute Gasteiger partial charge is 0.165 e. The number of hydrogen-bond donors (Lipinski definition) is 2. The van der Waals surface area contributed by atoms with Crippen LogP contribution in [0.25, 0.3) is 39.5 Å². The molecule has 1 aliphatic heterocycles. The summed E-state index contributed by atoms with van der Waals surface area (Å²) in [5.74, 6) is 1.63. The van der Waals surface area contributed by atoms with Crippen LogP contribution in [0.4, 0.5) is 5.82 Å². The predicted octanol–water partition coefficient (Wildman–Crippen LogP) is 6.29. The van der Waals surface area contributed by atoms with Gasteiger partial charge < -0.3 is 15.6 Å². The molecule has 3 aromatic heterocycles. The standard InChI is InChI=1S/C36H32N6O3/c37-34-30(7-4-18-38-34)35-40-32-15-14-31(25-5-2-1-3-6-25)39-36(32)42(35)27-11-8-24(9-12-27)22-41-19-16-28(17-20-41)45-29-13-10-26(23-43)33(44)21-29/h1-15,18,21,23,28,44H,16-17,19-20,22H2,(H2,37,38). The van der Waals surface area contributed by atoms with Gasteiger partial charge in [0, 0.05) is 43.1 Å². The number of fused-ring (bicyclic) bond motifs is 1. The fraction of sp³-hybridized carbons (Fsp3) is 0.167. The maximum atomic E-state index is 11.0. The van der Waals surface area contributed by atoms with Crippen LogP contribution in [0.2, 0.25) is 0 Å². The molecule has 0 amide bonds. The van der Waals surface area contributed by atoms with Crippen LogP contribution in [0.1, 0.15) is 28.8 Å². The van der Waals surface area contributed by atoms with Crippen molar-refractivity contribution in [3.63, 3.8) is 0 Å². The number of likely N-dealkylation sites (tertiary alicyclic amines) is 1. The van der Waals surface area contributed by atoms with E-state index in [1.165, 1.54) is 11.6 Å². The number of benzene rings is 3. The molecule has 0 unspecified atom stereocenters. The van der Waals surface area contributed by atoms with Gasteiger partial charge in [0.05, 0.1) is 16.8 Å². The van der Waals surface area contributed by atoms with E-state index in [-0.39, 0.29) is 17.4 Å². The van der Waals surface area contributed by atoms with Crippen molar-refractivity contribution >= 4 is 23.3 Å². The molecular formula is C36H32N6O3. The molecule has 224 valence electrons. The number of ether oxygens (including phenoxy) is 1. The zero-order valence-electron chi connectivity index (χ0n) is 24.6. The van der Waals surface area contributed by atoms with Crippen LogP contribution in [0.3, 0.4) is 0 Å². The van der Waals surface area contributed by atoms with E-state index in [9.17, 15) is 9.90 Å². The minimum atomic E-state index is -0.0597. The highest BCUT2D eigenvalue weighted by Crippen LogP contribution is 2.32. The molecule has 7 rings (SSSR count). The van der Waals surface area contributed by atoms with E-state index in [1.54, 1.807) is 18.3 Å². The molecule has 3 N–H and O–H groups in total. The molecule has 3 aromatic carbocycles. The molecule has 0 radical (unpaired) electrons. The largest absolute Gasteiger partial charge is 0.507 e. The first-order chi connectivity index (χ1) is 22.1. The molecule has 1 fully saturated rings. The molecule has 0 aliphatic carbocycles. The number of aromatic hydroxyl groups is 1. The van der Waals surface area contributed by atoms with Gasteiger partial charge in [-0.05, 0) is 66.9 Å². The summed E-state index contributed by atoms with van der Waals surface area (Å²) in [5.41, 5.74) is 12.9. The summed E-state index contributed by atoms with van der Waals surface area (Å²) in [6.45, 7) is 2.62. The van der Waals surface area contributed by atoms with E-state index < -0.39 is 0 Å². The number of hydrogen-bond acceptors (Lipinski definition) is 8. The Kier molecular flexibility index (Phi) is 7.67. The van der Waals surface area contributed by atoms with Crippen molar-refractivity contribution in [3.05, 3.63) is 114 Å². The lowest BCUT2D eigenvalue weighted by Crippen LogP contribution is -2.37. The number of piperidine rings is 1. The van der Waals surface area contributed by atoms with Crippen LogP contribution in [-0.4, -0.2) is 55.0 Å². The monoisotopic (exact) mass is 596 g/mol. The van der Waals surface area contributed by atoms with Gasteiger partial charge in [0.25, 0.3) is 0 Å². The van der Waals surface area contributed by atoms with E-state index in [2.05, 4.69) is 50.8 Å². The first kappa shape index (κ1) is 28.2. The number of nitrogens with two attached hydrogens (primary N) is 1. The lowest BCUT2D eigenvalue weighted by molar-refractivity contribution is 0.0966. The van der Waals surface area contributed by atoms with Gasteiger partial charge in [-0.15, -0.1) is 0 Å². The van der Waals surface area contributed by atoms with E-state index >= 15 is 0 Å². The maximum absolute atomic E-state index is 11.0. The second-order valence-corrected chi connectivity index (χ2v) is 11.2. The summed E-state index contributed by atoms with van der Waals surface area (Å²) >= 11 is 0. The van der Waals surface area contributed by atoms with Crippen LogP contribution in [0.5, 0.6) is 11.5 Å². The molecule has 0 spiro atoms. The first-order valence-electron chi connectivity index (χ1n) is 15.0. The van der Waals surface area contributed by atoms with Gasteiger partial charge >= 0.3 is 0 Å². The first-order valence-corrected chi connectivity index (χ1v) is 15.0. The Morgan fingerprint density at radius 1 is 0.911 bits per heavy atom. The van der Waals surface area contributed by atoms with E-state index in [1.807, 2.05) is 42.5 Å². The van der Waals surface area contributed by atoms with Gasteiger partial charge in [-0.3, -0.25) is 14.3 Å². The van der Waals surface area contributed by atoms with Gasteiger partial charge in [0.2, 0.25) is 0 Å². The van der Waals surface area contributed by atoms with Gasteiger partial charge in [-0.2, -0.15) is 0 Å². The zero-order valence-corrected chi connectivity index (χ0v) is 24.6. The molecule has 0 bridgehead atoms. The van der Waals surface area contributed by atoms with Gasteiger partial charge in [0.15, 0.2) is 17.8 Å². The number of aldehydes is 1. The minimum absolute atomic E-state index is 0.0597. The quantitative estimate of drug-likeness (QED) is 0.197. The molecule has 9 nitrogen and oxygen atoms in total. The average Bonchev–Trinajstić information content (AvgIpc) is 3.45. The third kappa shape index (κ3) is 5.85. The summed E-state index contributed by atoms with van der Waals surface area (Å²) in [6, 6.07) is 31.2. The Bertz CT molecular complexity index is 1970. The van der Waals surface area contributed by atoms with Gasteiger partial charge in [-0.25, -0.2) is 15.0 Å². The number of carbonyl (C=O) groups excluding carboxylic acids is 1. The van der Waals surface area contributed by atoms with Gasteiger partial charge in [-0.1, -0.05) is 42.5 Å². The number of carbonyl (C=O) groups is 1. The Hall–Kier alpha value is -5.54. The molecule has 45 heavy (non-hydrogen) atoms. The Morgan fingerprint density at radius 3 is 2.44 bits per heavy atom. The molecular weight excluding hydrogens is 564 g/mol. The number of imidazole rings is 1. The maximum Gasteiger partial charge on any atom is 0.165 e. The number of nitrogen functional groups attached to an aromatic ring is 1. The van der Waals surface area contributed by atoms with Crippen LogP contribution in [0, 0.1) is 0 Å². The van der Waals surface area contributed by atoms with Crippen molar-refractivity contribution in [2.24, 2.45) is 0 Å². The third-order valence-corrected chi connectivity index (χ3v) is 8.22. The number of pyridine rings is 2. The van der Waals surface area contributed by atoms with Gasteiger partial charge in [0.1, 0.15) is 28.9 Å². The molecule has 4 heterocycles. The number of aromatic nitrogens is 4. The minimum Gasteiger partial charge on any atom is -0.507 e. The Balaban J connectivity index is 1.11. The number of anilines is 1. The topological polar surface area (TPSA) is 119 Å². The molecule has 0 saturated carbocycles.